The number of hydrogen-bond donors (Lipinski definition) is 0. The molecule has 0 aromatic heterocycles. The first-order valence-corrected chi connectivity index (χ1v) is 8.29. The standard InChI is InChI=1S/C16H28N2O2/c1-12(20-11-13-7-8-13)16(19)18-10-4-6-15(18)14-5-3-9-17(14)2/h12-15H,3-11H2,1-2H3/t12-,14-,15+/m0/s1. The van der Waals surface area contributed by atoms with Crippen LogP contribution in [0, 0.1) is 5.92 Å². The van der Waals surface area contributed by atoms with Crippen LogP contribution in [0.3, 0.4) is 0 Å². The first-order chi connectivity index (χ1) is 9.66. The molecule has 2 aliphatic heterocycles. The van der Waals surface area contributed by atoms with Gasteiger partial charge in [0.25, 0.3) is 5.91 Å². The van der Waals surface area contributed by atoms with Crippen molar-refractivity contribution in [2.24, 2.45) is 5.92 Å². The van der Waals surface area contributed by atoms with Gasteiger partial charge in [-0.2, -0.15) is 0 Å². The second-order valence-electron chi connectivity index (χ2n) is 6.85. The topological polar surface area (TPSA) is 32.8 Å². The van der Waals surface area contributed by atoms with Crippen molar-refractivity contribution in [3.05, 3.63) is 0 Å². The summed E-state index contributed by atoms with van der Waals surface area (Å²) < 4.78 is 5.77. The smallest absolute Gasteiger partial charge is 0.251 e. The van der Waals surface area contributed by atoms with Crippen LogP contribution >= 0.6 is 0 Å². The van der Waals surface area contributed by atoms with Crippen molar-refractivity contribution in [1.29, 1.82) is 0 Å². The zero-order valence-electron chi connectivity index (χ0n) is 12.9. The van der Waals surface area contributed by atoms with Gasteiger partial charge in [-0.15, -0.1) is 0 Å². The highest BCUT2D eigenvalue weighted by Crippen LogP contribution is 2.31. The third-order valence-corrected chi connectivity index (χ3v) is 5.23. The molecular formula is C16H28N2O2. The van der Waals surface area contributed by atoms with Crippen molar-refractivity contribution < 1.29 is 9.53 Å². The number of nitrogens with zero attached hydrogens (tertiary/aromatic N) is 2. The Balaban J connectivity index is 1.57. The lowest BCUT2D eigenvalue weighted by molar-refractivity contribution is -0.144. The van der Waals surface area contributed by atoms with Gasteiger partial charge in [0.1, 0.15) is 6.10 Å². The summed E-state index contributed by atoms with van der Waals surface area (Å²) in [6.45, 7) is 4.80. The van der Waals surface area contributed by atoms with Crippen molar-refractivity contribution in [2.45, 2.75) is 63.6 Å². The molecule has 0 N–H and O–H groups in total. The first-order valence-electron chi connectivity index (χ1n) is 8.29. The number of likely N-dealkylation sites (tertiary alicyclic amines) is 2. The van der Waals surface area contributed by atoms with E-state index in [1.807, 2.05) is 6.92 Å². The maximum atomic E-state index is 12.6. The maximum absolute atomic E-state index is 12.6. The highest BCUT2D eigenvalue weighted by Gasteiger charge is 2.39. The Morgan fingerprint density at radius 3 is 2.50 bits per heavy atom. The zero-order valence-corrected chi connectivity index (χ0v) is 12.9. The van der Waals surface area contributed by atoms with Crippen LogP contribution < -0.4 is 0 Å². The van der Waals surface area contributed by atoms with E-state index in [0.29, 0.717) is 12.1 Å². The molecule has 0 radical (unpaired) electrons. The quantitative estimate of drug-likeness (QED) is 0.771. The summed E-state index contributed by atoms with van der Waals surface area (Å²) in [5, 5.41) is 0. The fourth-order valence-corrected chi connectivity index (χ4v) is 3.76. The van der Waals surface area contributed by atoms with Gasteiger partial charge in [-0.1, -0.05) is 0 Å². The molecule has 0 bridgehead atoms. The molecular weight excluding hydrogens is 252 g/mol. The zero-order chi connectivity index (χ0) is 14.1. The largest absolute Gasteiger partial charge is 0.368 e. The molecule has 0 spiro atoms. The molecule has 3 fully saturated rings. The number of rotatable bonds is 5. The molecule has 2 heterocycles. The Bertz CT molecular complexity index is 356. The first kappa shape index (κ1) is 14.3. The SMILES string of the molecule is C[C@H](OCC1CC1)C(=O)N1CCC[C@@H]1[C@@H]1CCCN1C. The summed E-state index contributed by atoms with van der Waals surface area (Å²) >= 11 is 0. The highest BCUT2D eigenvalue weighted by atomic mass is 16.5. The lowest BCUT2D eigenvalue weighted by Crippen LogP contribution is -2.50. The van der Waals surface area contributed by atoms with Gasteiger partial charge in [0, 0.05) is 18.6 Å². The van der Waals surface area contributed by atoms with E-state index < -0.39 is 0 Å². The molecule has 3 atom stereocenters. The number of ether oxygens (including phenoxy) is 1. The molecule has 3 rings (SSSR count). The Morgan fingerprint density at radius 2 is 1.85 bits per heavy atom. The van der Waals surface area contributed by atoms with Gasteiger partial charge < -0.3 is 14.5 Å². The maximum Gasteiger partial charge on any atom is 0.251 e. The summed E-state index contributed by atoms with van der Waals surface area (Å²) in [6, 6.07) is 0.985. The molecule has 1 amide bonds. The van der Waals surface area contributed by atoms with Gasteiger partial charge in [-0.25, -0.2) is 0 Å². The van der Waals surface area contributed by atoms with E-state index in [-0.39, 0.29) is 12.0 Å². The molecule has 0 aromatic rings. The fourth-order valence-electron chi connectivity index (χ4n) is 3.76. The van der Waals surface area contributed by atoms with E-state index in [9.17, 15) is 4.79 Å². The third-order valence-electron chi connectivity index (χ3n) is 5.23. The van der Waals surface area contributed by atoms with Gasteiger partial charge in [-0.05, 0) is 65.0 Å². The van der Waals surface area contributed by atoms with Crippen molar-refractivity contribution >= 4 is 5.91 Å². The summed E-state index contributed by atoms with van der Waals surface area (Å²) in [5.74, 6) is 0.939. The molecule has 1 saturated carbocycles. The van der Waals surface area contributed by atoms with Gasteiger partial charge in [0.05, 0.1) is 6.61 Å². The molecule has 3 aliphatic rings. The van der Waals surface area contributed by atoms with Crippen LogP contribution in [0.15, 0.2) is 0 Å². The Kier molecular flexibility index (Phi) is 4.32. The monoisotopic (exact) mass is 280 g/mol. The second-order valence-corrected chi connectivity index (χ2v) is 6.85. The van der Waals surface area contributed by atoms with Crippen LogP contribution in [-0.2, 0) is 9.53 Å². The number of amides is 1. The predicted molar refractivity (Wildman–Crippen MR) is 78.5 cm³/mol. The second kappa shape index (κ2) is 6.02. The van der Waals surface area contributed by atoms with Crippen molar-refractivity contribution in [3.63, 3.8) is 0 Å². The van der Waals surface area contributed by atoms with Crippen LogP contribution in [0.5, 0.6) is 0 Å². The number of carbonyl (C=O) groups is 1. The van der Waals surface area contributed by atoms with Crippen LogP contribution in [0.4, 0.5) is 0 Å². The average Bonchev–Trinajstić information content (AvgIpc) is 2.97. The number of likely N-dealkylation sites (N-methyl/N-ethyl adjacent to an activating group) is 1. The lowest BCUT2D eigenvalue weighted by atomic mass is 10.0. The molecule has 114 valence electrons. The van der Waals surface area contributed by atoms with E-state index in [4.69, 9.17) is 4.74 Å². The minimum Gasteiger partial charge on any atom is -0.368 e. The highest BCUT2D eigenvalue weighted by molar-refractivity contribution is 5.81. The van der Waals surface area contributed by atoms with Crippen LogP contribution in [0.2, 0.25) is 0 Å². The Labute approximate surface area is 122 Å². The van der Waals surface area contributed by atoms with E-state index in [0.717, 1.165) is 31.9 Å². The van der Waals surface area contributed by atoms with Crippen LogP contribution in [0.25, 0.3) is 0 Å². The Hall–Kier alpha value is -0.610. The molecule has 4 nitrogen and oxygen atoms in total. The van der Waals surface area contributed by atoms with Gasteiger partial charge in [-0.3, -0.25) is 4.79 Å². The summed E-state index contributed by atoms with van der Waals surface area (Å²) in [4.78, 5) is 17.2. The van der Waals surface area contributed by atoms with E-state index in [2.05, 4.69) is 16.8 Å². The minimum absolute atomic E-state index is 0.216. The summed E-state index contributed by atoms with van der Waals surface area (Å²) in [7, 11) is 2.20. The molecule has 2 saturated heterocycles. The third kappa shape index (κ3) is 3.01. The lowest BCUT2D eigenvalue weighted by Gasteiger charge is -2.34. The molecule has 20 heavy (non-hydrogen) atoms. The number of carbonyl (C=O) groups excluding carboxylic acids is 1. The van der Waals surface area contributed by atoms with Gasteiger partial charge in [0.2, 0.25) is 0 Å². The minimum atomic E-state index is -0.261. The van der Waals surface area contributed by atoms with Crippen LogP contribution in [-0.4, -0.2) is 60.6 Å². The number of hydrogen-bond acceptors (Lipinski definition) is 3. The van der Waals surface area contributed by atoms with Crippen LogP contribution in [0.1, 0.15) is 45.4 Å². The fraction of sp³-hybridized carbons (Fsp3) is 0.938. The van der Waals surface area contributed by atoms with Crippen molar-refractivity contribution in [3.8, 4) is 0 Å². The molecule has 0 unspecified atom stereocenters. The van der Waals surface area contributed by atoms with Gasteiger partial charge in [0.15, 0.2) is 0 Å². The predicted octanol–water partition coefficient (Wildman–Crippen LogP) is 1.89. The van der Waals surface area contributed by atoms with Gasteiger partial charge >= 0.3 is 0 Å². The molecule has 0 aromatic carbocycles. The van der Waals surface area contributed by atoms with Crippen molar-refractivity contribution in [2.75, 3.05) is 26.7 Å². The van der Waals surface area contributed by atoms with E-state index in [1.54, 1.807) is 0 Å². The molecule has 4 heteroatoms. The molecule has 1 aliphatic carbocycles. The van der Waals surface area contributed by atoms with Crippen molar-refractivity contribution in [1.82, 2.24) is 9.80 Å². The normalized spacial score (nSPS) is 32.8. The van der Waals surface area contributed by atoms with E-state index in [1.165, 1.54) is 32.2 Å². The van der Waals surface area contributed by atoms with E-state index >= 15 is 0 Å². The summed E-state index contributed by atoms with van der Waals surface area (Å²) in [5.41, 5.74) is 0. The average molecular weight is 280 g/mol. The Morgan fingerprint density at radius 1 is 1.15 bits per heavy atom. The summed E-state index contributed by atoms with van der Waals surface area (Å²) in [6.07, 6.45) is 7.12.